The van der Waals surface area contributed by atoms with Crippen molar-refractivity contribution in [3.05, 3.63) is 29.8 Å². The summed E-state index contributed by atoms with van der Waals surface area (Å²) in [5.74, 6) is -1.15. The van der Waals surface area contributed by atoms with E-state index in [4.69, 9.17) is 9.47 Å². The first-order chi connectivity index (χ1) is 13.9. The van der Waals surface area contributed by atoms with Crippen molar-refractivity contribution in [1.82, 2.24) is 15.8 Å². The van der Waals surface area contributed by atoms with Crippen molar-refractivity contribution < 1.29 is 28.7 Å². The van der Waals surface area contributed by atoms with Gasteiger partial charge in [0.05, 0.1) is 6.61 Å². The first-order valence-electron chi connectivity index (χ1n) is 9.71. The van der Waals surface area contributed by atoms with Crippen molar-refractivity contribution in [2.45, 2.75) is 45.1 Å². The van der Waals surface area contributed by atoms with Crippen molar-refractivity contribution >= 4 is 23.8 Å². The van der Waals surface area contributed by atoms with Gasteiger partial charge in [0.2, 0.25) is 0 Å². The van der Waals surface area contributed by atoms with E-state index in [1.807, 2.05) is 0 Å². The van der Waals surface area contributed by atoms with Gasteiger partial charge in [0.1, 0.15) is 16.9 Å². The third kappa shape index (κ3) is 4.33. The normalized spacial score (nSPS) is 23.7. The van der Waals surface area contributed by atoms with Crippen LogP contribution in [0.15, 0.2) is 24.3 Å². The smallest absolute Gasteiger partial charge is 0.344 e. The zero-order chi connectivity index (χ0) is 21.0. The molecule has 9 heteroatoms. The summed E-state index contributed by atoms with van der Waals surface area (Å²) in [6.45, 7) is 3.62. The Hall–Kier alpha value is -3.10. The number of nitrogens with zero attached hydrogens (tertiary/aromatic N) is 1. The Morgan fingerprint density at radius 3 is 2.62 bits per heavy atom. The van der Waals surface area contributed by atoms with Crippen molar-refractivity contribution in [2.75, 3.05) is 13.2 Å². The molecule has 0 aromatic heterocycles. The number of amides is 4. The molecule has 1 heterocycles. The van der Waals surface area contributed by atoms with Crippen LogP contribution in [0.2, 0.25) is 0 Å². The lowest BCUT2D eigenvalue weighted by atomic mass is 9.77. The molecular weight excluding hydrogens is 378 g/mol. The van der Waals surface area contributed by atoms with Crippen molar-refractivity contribution in [3.63, 3.8) is 0 Å². The Kier molecular flexibility index (Phi) is 6.05. The van der Waals surface area contributed by atoms with Crippen LogP contribution in [-0.2, 0) is 14.3 Å². The number of rotatable bonds is 6. The lowest BCUT2D eigenvalue weighted by molar-refractivity contribution is -0.141. The molecule has 1 aromatic carbocycles. The summed E-state index contributed by atoms with van der Waals surface area (Å²) in [7, 11) is 0. The molecule has 0 radical (unpaired) electrons. The predicted molar refractivity (Wildman–Crippen MR) is 102 cm³/mol. The summed E-state index contributed by atoms with van der Waals surface area (Å²) in [6.07, 6.45) is 2.72. The third-order valence-corrected chi connectivity index (χ3v) is 5.27. The number of carbonyl (C=O) groups excluding carboxylic acids is 4. The Bertz CT molecular complexity index is 816. The van der Waals surface area contributed by atoms with Crippen LogP contribution in [0.1, 0.15) is 49.9 Å². The lowest BCUT2D eigenvalue weighted by Gasteiger charge is -2.33. The van der Waals surface area contributed by atoms with Gasteiger partial charge in [-0.3, -0.25) is 15.0 Å². The fourth-order valence-electron chi connectivity index (χ4n) is 3.60. The Morgan fingerprint density at radius 1 is 1.24 bits per heavy atom. The van der Waals surface area contributed by atoms with E-state index in [1.165, 1.54) is 6.07 Å². The zero-order valence-corrected chi connectivity index (χ0v) is 16.5. The fraction of sp³-hybridized carbons (Fsp3) is 0.500. The topological polar surface area (TPSA) is 114 Å². The molecule has 1 aliphatic heterocycles. The van der Waals surface area contributed by atoms with Gasteiger partial charge in [-0.2, -0.15) is 5.01 Å². The molecule has 3 rings (SSSR count). The average Bonchev–Trinajstić information content (AvgIpc) is 2.93. The van der Waals surface area contributed by atoms with Crippen LogP contribution in [0, 0.1) is 5.92 Å². The number of hydrogen-bond acceptors (Lipinski definition) is 6. The summed E-state index contributed by atoms with van der Waals surface area (Å²) in [6, 6.07) is 5.84. The molecular formula is C20H25N3O6. The first-order valence-corrected chi connectivity index (χ1v) is 9.71. The van der Waals surface area contributed by atoms with Gasteiger partial charge >= 0.3 is 12.0 Å². The van der Waals surface area contributed by atoms with Gasteiger partial charge in [0.15, 0.2) is 6.61 Å². The number of hydrazine groups is 1. The molecule has 0 atom stereocenters. The standard InChI is InChI=1S/C20H25N3O6/c1-3-28-15-7-5-4-6-14(15)17(25)29-12-16(24)22-23-18(26)20(21-19(23)27)10-8-13(2)9-11-20/h4-7,13H,3,8-12H2,1-2H3,(H,21,27)(H,22,24). The molecule has 4 amide bonds. The first kappa shape index (κ1) is 20.6. The molecule has 2 N–H and O–H groups in total. The summed E-state index contributed by atoms with van der Waals surface area (Å²) in [5, 5.41) is 3.39. The SMILES string of the molecule is CCOc1ccccc1C(=O)OCC(=O)NN1C(=O)NC2(CCC(C)CC2)C1=O. The van der Waals surface area contributed by atoms with E-state index >= 15 is 0 Å². The number of para-hydroxylation sites is 1. The number of urea groups is 1. The van der Waals surface area contributed by atoms with E-state index in [9.17, 15) is 19.2 Å². The van der Waals surface area contributed by atoms with E-state index in [2.05, 4.69) is 17.7 Å². The lowest BCUT2D eigenvalue weighted by Crippen LogP contribution is -2.52. The highest BCUT2D eigenvalue weighted by molar-refractivity contribution is 6.08. The van der Waals surface area contributed by atoms with Crippen LogP contribution in [0.4, 0.5) is 4.79 Å². The highest BCUT2D eigenvalue weighted by atomic mass is 16.5. The predicted octanol–water partition coefficient (Wildman–Crippen LogP) is 1.77. The molecule has 2 fully saturated rings. The minimum Gasteiger partial charge on any atom is -0.493 e. The number of hydrogen-bond donors (Lipinski definition) is 2. The number of imide groups is 1. The second-order valence-corrected chi connectivity index (χ2v) is 7.38. The van der Waals surface area contributed by atoms with Crippen LogP contribution in [-0.4, -0.2) is 47.6 Å². The molecule has 1 saturated carbocycles. The molecule has 29 heavy (non-hydrogen) atoms. The van der Waals surface area contributed by atoms with E-state index in [0.29, 0.717) is 36.1 Å². The van der Waals surface area contributed by atoms with E-state index in [1.54, 1.807) is 25.1 Å². The average molecular weight is 403 g/mol. The van der Waals surface area contributed by atoms with E-state index < -0.39 is 36.0 Å². The molecule has 1 aliphatic carbocycles. The zero-order valence-electron chi connectivity index (χ0n) is 16.5. The Labute approximate surface area is 168 Å². The van der Waals surface area contributed by atoms with Gasteiger partial charge in [-0.1, -0.05) is 19.1 Å². The van der Waals surface area contributed by atoms with Crippen molar-refractivity contribution in [2.24, 2.45) is 5.92 Å². The third-order valence-electron chi connectivity index (χ3n) is 5.27. The van der Waals surface area contributed by atoms with Crippen LogP contribution >= 0.6 is 0 Å². The van der Waals surface area contributed by atoms with E-state index in [0.717, 1.165) is 12.8 Å². The number of ether oxygens (including phenoxy) is 2. The van der Waals surface area contributed by atoms with Crippen molar-refractivity contribution in [3.8, 4) is 5.75 Å². The monoisotopic (exact) mass is 403 g/mol. The Balaban J connectivity index is 1.56. The highest BCUT2D eigenvalue weighted by Gasteiger charge is 2.52. The molecule has 0 bridgehead atoms. The van der Waals surface area contributed by atoms with Gasteiger partial charge in [-0.25, -0.2) is 9.59 Å². The number of carbonyl (C=O) groups is 4. The minimum atomic E-state index is -0.954. The van der Waals surface area contributed by atoms with Gasteiger partial charge in [0.25, 0.3) is 11.8 Å². The molecule has 1 spiro atoms. The molecule has 156 valence electrons. The molecule has 1 saturated heterocycles. The van der Waals surface area contributed by atoms with Gasteiger partial charge in [-0.05, 0) is 50.7 Å². The number of benzene rings is 1. The van der Waals surface area contributed by atoms with Crippen LogP contribution < -0.4 is 15.5 Å². The van der Waals surface area contributed by atoms with E-state index in [-0.39, 0.29) is 5.56 Å². The molecule has 9 nitrogen and oxygen atoms in total. The second-order valence-electron chi connectivity index (χ2n) is 7.38. The van der Waals surface area contributed by atoms with Crippen LogP contribution in [0.5, 0.6) is 5.75 Å². The fourth-order valence-corrected chi connectivity index (χ4v) is 3.60. The molecule has 2 aliphatic rings. The van der Waals surface area contributed by atoms with Crippen molar-refractivity contribution in [1.29, 1.82) is 0 Å². The maximum atomic E-state index is 12.7. The summed E-state index contributed by atoms with van der Waals surface area (Å²) in [4.78, 5) is 49.3. The number of esters is 1. The van der Waals surface area contributed by atoms with Gasteiger partial charge in [-0.15, -0.1) is 0 Å². The minimum absolute atomic E-state index is 0.187. The Morgan fingerprint density at radius 2 is 1.93 bits per heavy atom. The quantitative estimate of drug-likeness (QED) is 0.553. The largest absolute Gasteiger partial charge is 0.493 e. The summed E-state index contributed by atoms with van der Waals surface area (Å²) >= 11 is 0. The number of nitrogens with one attached hydrogen (secondary N) is 2. The van der Waals surface area contributed by atoms with Gasteiger partial charge in [0, 0.05) is 0 Å². The molecule has 0 unspecified atom stereocenters. The second kappa shape index (κ2) is 8.50. The maximum Gasteiger partial charge on any atom is 0.344 e. The molecule has 1 aromatic rings. The maximum absolute atomic E-state index is 12.7. The summed E-state index contributed by atoms with van der Waals surface area (Å²) in [5.41, 5.74) is 1.47. The summed E-state index contributed by atoms with van der Waals surface area (Å²) < 4.78 is 10.4. The van der Waals surface area contributed by atoms with Crippen LogP contribution in [0.25, 0.3) is 0 Å². The highest BCUT2D eigenvalue weighted by Crippen LogP contribution is 2.35. The van der Waals surface area contributed by atoms with Gasteiger partial charge < -0.3 is 14.8 Å². The van der Waals surface area contributed by atoms with Crippen LogP contribution in [0.3, 0.4) is 0 Å².